The molecule has 6 rings (SSSR count). The second-order valence-electron chi connectivity index (χ2n) is 9.37. The van der Waals surface area contributed by atoms with E-state index in [0.29, 0.717) is 35.3 Å². The molecule has 3 aliphatic heterocycles. The van der Waals surface area contributed by atoms with Crippen LogP contribution in [0.5, 0.6) is 0 Å². The number of alkyl halides is 2. The van der Waals surface area contributed by atoms with E-state index >= 15 is 0 Å². The number of likely N-dealkylation sites (tertiary alicyclic amines) is 1. The van der Waals surface area contributed by atoms with Gasteiger partial charge in [-0.15, -0.1) is 11.8 Å². The number of rotatable bonds is 4. The Balaban J connectivity index is 1.17. The number of aryl methyl sites for hydroxylation is 1. The van der Waals surface area contributed by atoms with Crippen molar-refractivity contribution >= 4 is 23.4 Å². The zero-order valence-corrected chi connectivity index (χ0v) is 20.6. The molecule has 0 saturated carbocycles. The van der Waals surface area contributed by atoms with Gasteiger partial charge in [-0.2, -0.15) is 5.10 Å². The number of pyridine rings is 1. The van der Waals surface area contributed by atoms with Gasteiger partial charge in [0, 0.05) is 49.2 Å². The van der Waals surface area contributed by atoms with Crippen LogP contribution < -0.4 is 0 Å². The molecule has 2 fully saturated rings. The third-order valence-electron chi connectivity index (χ3n) is 7.25. The van der Waals surface area contributed by atoms with E-state index < -0.39 is 24.0 Å². The Bertz CT molecular complexity index is 1260. The van der Waals surface area contributed by atoms with E-state index in [2.05, 4.69) is 15.0 Å². The van der Waals surface area contributed by atoms with Crippen LogP contribution in [0.15, 0.2) is 51.8 Å². The first-order valence-corrected chi connectivity index (χ1v) is 12.8. The average molecular weight is 520 g/mol. The standard InChI is InChI=1S/C24H24ClF2N5O2S/c1-15-16(13-32(29-15)22-17(3-2-7-28-22)19-4-10-34-30-19)12-31-8-5-23(6-9-31)21-18(11-20(25)35-21)24(26,27)14-33-23/h2-4,7,10-11,13,18,21H,5-6,8-9,12,14H2,1H3. The molecule has 3 aromatic heterocycles. The lowest BCUT2D eigenvalue weighted by Gasteiger charge is -2.51. The normalized spacial score (nSPS) is 25.5. The number of halogens is 3. The van der Waals surface area contributed by atoms with Crippen molar-refractivity contribution < 1.29 is 18.0 Å². The Morgan fingerprint density at radius 3 is 2.86 bits per heavy atom. The fourth-order valence-electron chi connectivity index (χ4n) is 5.31. The number of hydrogen-bond donors (Lipinski definition) is 0. The van der Waals surface area contributed by atoms with Crippen LogP contribution in [-0.2, 0) is 11.3 Å². The molecule has 3 aromatic rings. The van der Waals surface area contributed by atoms with Crippen molar-refractivity contribution in [3.63, 3.8) is 0 Å². The van der Waals surface area contributed by atoms with Gasteiger partial charge < -0.3 is 9.26 Å². The van der Waals surface area contributed by atoms with Crippen LogP contribution >= 0.6 is 23.4 Å². The first-order chi connectivity index (χ1) is 16.8. The Hall–Kier alpha value is -2.27. The van der Waals surface area contributed by atoms with Crippen LogP contribution in [0.3, 0.4) is 0 Å². The maximum atomic E-state index is 14.5. The summed E-state index contributed by atoms with van der Waals surface area (Å²) in [5.74, 6) is -3.06. The molecule has 2 unspecified atom stereocenters. The van der Waals surface area contributed by atoms with E-state index in [1.54, 1.807) is 16.9 Å². The summed E-state index contributed by atoms with van der Waals surface area (Å²) in [6.45, 7) is 3.66. The highest BCUT2D eigenvalue weighted by atomic mass is 35.5. The summed E-state index contributed by atoms with van der Waals surface area (Å²) in [6.07, 6.45) is 8.16. The van der Waals surface area contributed by atoms with Crippen molar-refractivity contribution in [2.24, 2.45) is 5.92 Å². The molecule has 0 bridgehead atoms. The molecular weight excluding hydrogens is 496 g/mol. The predicted octanol–water partition coefficient (Wildman–Crippen LogP) is 5.04. The molecule has 3 aliphatic rings. The zero-order chi connectivity index (χ0) is 24.2. The van der Waals surface area contributed by atoms with Crippen molar-refractivity contribution in [2.45, 2.75) is 43.1 Å². The molecule has 0 radical (unpaired) electrons. The van der Waals surface area contributed by atoms with Crippen LogP contribution in [0.2, 0.25) is 0 Å². The van der Waals surface area contributed by atoms with Crippen molar-refractivity contribution in [1.82, 2.24) is 24.8 Å². The summed E-state index contributed by atoms with van der Waals surface area (Å²) >= 11 is 7.50. The average Bonchev–Trinajstić information content (AvgIpc) is 3.60. The second-order valence-corrected chi connectivity index (χ2v) is 11.2. The summed E-state index contributed by atoms with van der Waals surface area (Å²) in [4.78, 5) is 6.85. The number of allylic oxidation sites excluding steroid dienone is 1. The zero-order valence-electron chi connectivity index (χ0n) is 19.0. The Labute approximate surface area is 210 Å². The van der Waals surface area contributed by atoms with Crippen molar-refractivity contribution in [3.8, 4) is 17.1 Å². The molecular formula is C24H24ClF2N5O2S. The van der Waals surface area contributed by atoms with E-state index in [4.69, 9.17) is 26.0 Å². The van der Waals surface area contributed by atoms with Crippen LogP contribution in [0.25, 0.3) is 17.1 Å². The van der Waals surface area contributed by atoms with Gasteiger partial charge in [-0.1, -0.05) is 16.8 Å². The van der Waals surface area contributed by atoms with Gasteiger partial charge in [-0.05, 0) is 38.0 Å². The van der Waals surface area contributed by atoms with E-state index in [1.807, 2.05) is 25.3 Å². The summed E-state index contributed by atoms with van der Waals surface area (Å²) < 4.78 is 42.1. The molecule has 35 heavy (non-hydrogen) atoms. The van der Waals surface area contributed by atoms with Gasteiger partial charge in [-0.25, -0.2) is 18.4 Å². The van der Waals surface area contributed by atoms with E-state index in [1.165, 1.54) is 24.1 Å². The molecule has 1 spiro atoms. The minimum atomic E-state index is -2.88. The molecule has 6 heterocycles. The maximum absolute atomic E-state index is 14.5. The number of fused-ring (bicyclic) bond motifs is 2. The first kappa shape index (κ1) is 23.1. The summed E-state index contributed by atoms with van der Waals surface area (Å²) in [5, 5.41) is 8.40. The molecule has 184 valence electrons. The molecule has 11 heteroatoms. The van der Waals surface area contributed by atoms with Gasteiger partial charge in [0.15, 0.2) is 5.82 Å². The molecule has 7 nitrogen and oxygen atoms in total. The van der Waals surface area contributed by atoms with Gasteiger partial charge in [0.05, 0.1) is 26.8 Å². The summed E-state index contributed by atoms with van der Waals surface area (Å²) in [7, 11) is 0. The minimum absolute atomic E-state index is 0.343. The summed E-state index contributed by atoms with van der Waals surface area (Å²) in [5.41, 5.74) is 2.96. The van der Waals surface area contributed by atoms with Crippen LogP contribution in [-0.4, -0.2) is 61.3 Å². The smallest absolute Gasteiger partial charge is 0.278 e. The first-order valence-electron chi connectivity index (χ1n) is 11.5. The highest BCUT2D eigenvalue weighted by Gasteiger charge is 2.60. The fourth-order valence-corrected chi connectivity index (χ4v) is 7.14. The van der Waals surface area contributed by atoms with Crippen molar-refractivity contribution in [2.75, 3.05) is 19.7 Å². The predicted molar refractivity (Wildman–Crippen MR) is 129 cm³/mol. The molecule has 0 aliphatic carbocycles. The third-order valence-corrected chi connectivity index (χ3v) is 8.98. The number of nitrogens with zero attached hydrogens (tertiary/aromatic N) is 5. The molecule has 0 amide bonds. The third kappa shape index (κ3) is 4.10. The Morgan fingerprint density at radius 2 is 2.09 bits per heavy atom. The van der Waals surface area contributed by atoms with Gasteiger partial charge in [-0.3, -0.25) is 4.90 Å². The molecule has 0 aromatic carbocycles. The number of ether oxygens (including phenoxy) is 1. The minimum Gasteiger partial charge on any atom is -0.367 e. The second kappa shape index (κ2) is 8.69. The van der Waals surface area contributed by atoms with Gasteiger partial charge >= 0.3 is 0 Å². The van der Waals surface area contributed by atoms with Crippen LogP contribution in [0.4, 0.5) is 8.78 Å². The lowest BCUT2D eigenvalue weighted by Crippen LogP contribution is -2.61. The van der Waals surface area contributed by atoms with Gasteiger partial charge in [0.1, 0.15) is 18.6 Å². The summed E-state index contributed by atoms with van der Waals surface area (Å²) in [6, 6.07) is 5.58. The SMILES string of the molecule is Cc1nn(-c2ncccc2-c2ccon2)cc1CN1CCC2(CC1)OCC(F)(F)C1C=C(Cl)SC12. The number of piperidine rings is 1. The molecule has 2 saturated heterocycles. The number of thioether (sulfide) groups is 1. The van der Waals surface area contributed by atoms with Crippen LogP contribution in [0, 0.1) is 12.8 Å². The number of aromatic nitrogens is 4. The van der Waals surface area contributed by atoms with E-state index in [0.717, 1.165) is 29.9 Å². The van der Waals surface area contributed by atoms with Gasteiger partial charge in [0.25, 0.3) is 5.92 Å². The van der Waals surface area contributed by atoms with Crippen molar-refractivity contribution in [1.29, 1.82) is 0 Å². The Morgan fingerprint density at radius 1 is 1.26 bits per heavy atom. The molecule has 0 N–H and O–H groups in total. The lowest BCUT2D eigenvalue weighted by molar-refractivity contribution is -0.215. The largest absolute Gasteiger partial charge is 0.367 e. The van der Waals surface area contributed by atoms with E-state index in [-0.39, 0.29) is 5.25 Å². The quantitative estimate of drug-likeness (QED) is 0.478. The number of hydrogen-bond acceptors (Lipinski definition) is 7. The van der Waals surface area contributed by atoms with Crippen LogP contribution in [0.1, 0.15) is 24.1 Å². The highest BCUT2D eigenvalue weighted by molar-refractivity contribution is 8.05. The fraction of sp³-hybridized carbons (Fsp3) is 0.458. The van der Waals surface area contributed by atoms with Crippen molar-refractivity contribution in [3.05, 3.63) is 58.6 Å². The monoisotopic (exact) mass is 519 g/mol. The van der Waals surface area contributed by atoms with E-state index in [9.17, 15) is 8.78 Å². The highest BCUT2D eigenvalue weighted by Crippen LogP contribution is 2.56. The van der Waals surface area contributed by atoms with Gasteiger partial charge in [0.2, 0.25) is 0 Å². The Kier molecular flexibility index (Phi) is 5.75. The maximum Gasteiger partial charge on any atom is 0.278 e. The topological polar surface area (TPSA) is 69.2 Å². The lowest BCUT2D eigenvalue weighted by atomic mass is 9.77. The molecule has 2 atom stereocenters.